The van der Waals surface area contributed by atoms with Crippen LogP contribution in [-0.2, 0) is 14.3 Å². The minimum Gasteiger partial charge on any atom is -0.466 e. The van der Waals surface area contributed by atoms with Crippen molar-refractivity contribution in [2.75, 3.05) is 13.2 Å². The van der Waals surface area contributed by atoms with Crippen molar-refractivity contribution in [3.05, 3.63) is 36.5 Å². The Balaban J connectivity index is 3.45. The Morgan fingerprint density at radius 3 is 1.08 bits per heavy atom. The fourth-order valence-corrected chi connectivity index (χ4v) is 9.96. The molecule has 6 heteroatoms. The van der Waals surface area contributed by atoms with Crippen LogP contribution >= 0.6 is 0 Å². The minimum atomic E-state index is -0.672. The number of aliphatic hydroxyl groups excluding tert-OH is 2. The summed E-state index contributed by atoms with van der Waals surface area (Å²) < 4.78 is 5.48. The van der Waals surface area contributed by atoms with E-state index in [1.807, 2.05) is 0 Å². The normalized spacial score (nSPS) is 12.8. The first-order chi connectivity index (χ1) is 35.5. The van der Waals surface area contributed by atoms with Gasteiger partial charge in [0.25, 0.3) is 0 Å². The number of hydrogen-bond acceptors (Lipinski definition) is 5. The first kappa shape index (κ1) is 70.1. The summed E-state index contributed by atoms with van der Waals surface area (Å²) in [6, 6.07) is -0.550. The van der Waals surface area contributed by atoms with Crippen molar-refractivity contribution in [1.29, 1.82) is 0 Å². The molecule has 0 rings (SSSR count). The summed E-state index contributed by atoms with van der Waals surface area (Å²) in [4.78, 5) is 24.6. The van der Waals surface area contributed by atoms with Crippen molar-refractivity contribution in [1.82, 2.24) is 5.32 Å². The Morgan fingerprint density at radius 2 is 0.694 bits per heavy atom. The first-order valence-corrected chi connectivity index (χ1v) is 32.2. The van der Waals surface area contributed by atoms with Gasteiger partial charge in [-0.15, -0.1) is 0 Å². The monoisotopic (exact) mass is 1010 g/mol. The van der Waals surface area contributed by atoms with E-state index in [2.05, 4.69) is 55.6 Å². The van der Waals surface area contributed by atoms with Crippen LogP contribution in [0.2, 0.25) is 0 Å². The zero-order valence-corrected chi connectivity index (χ0v) is 48.4. The molecule has 0 saturated heterocycles. The van der Waals surface area contributed by atoms with Crippen LogP contribution in [0.5, 0.6) is 0 Å². The molecule has 3 N–H and O–H groups in total. The summed E-state index contributed by atoms with van der Waals surface area (Å²) in [5.41, 5.74) is 0. The molecule has 1 amide bonds. The number of esters is 1. The van der Waals surface area contributed by atoms with Crippen LogP contribution in [-0.4, -0.2) is 47.4 Å². The maximum Gasteiger partial charge on any atom is 0.305 e. The van der Waals surface area contributed by atoms with Gasteiger partial charge < -0.3 is 20.3 Å². The molecule has 0 fully saturated rings. The average Bonchev–Trinajstić information content (AvgIpc) is 3.38. The fourth-order valence-electron chi connectivity index (χ4n) is 9.96. The predicted molar refractivity (Wildman–Crippen MR) is 315 cm³/mol. The van der Waals surface area contributed by atoms with Gasteiger partial charge in [-0.05, 0) is 83.5 Å². The van der Waals surface area contributed by atoms with Crippen molar-refractivity contribution >= 4 is 11.9 Å². The molecule has 2 atom stereocenters. The van der Waals surface area contributed by atoms with E-state index in [4.69, 9.17) is 4.74 Å². The maximum atomic E-state index is 12.5. The van der Waals surface area contributed by atoms with Gasteiger partial charge >= 0.3 is 5.97 Å². The summed E-state index contributed by atoms with van der Waals surface area (Å²) in [5.74, 6) is -0.0513. The van der Waals surface area contributed by atoms with Crippen molar-refractivity contribution in [2.24, 2.45) is 0 Å². The molecule has 0 bridgehead atoms. The van der Waals surface area contributed by atoms with Gasteiger partial charge in [-0.1, -0.05) is 288 Å². The molecule has 0 aliphatic heterocycles. The van der Waals surface area contributed by atoms with E-state index in [9.17, 15) is 19.8 Å². The molecule has 0 aromatic heterocycles. The van der Waals surface area contributed by atoms with Crippen molar-refractivity contribution < 1.29 is 24.5 Å². The van der Waals surface area contributed by atoms with Gasteiger partial charge in [0, 0.05) is 12.8 Å². The van der Waals surface area contributed by atoms with Gasteiger partial charge in [0.2, 0.25) is 5.91 Å². The molecule has 0 radical (unpaired) electrons. The Bertz CT molecular complexity index is 1170. The van der Waals surface area contributed by atoms with E-state index in [1.54, 1.807) is 0 Å². The lowest BCUT2D eigenvalue weighted by atomic mass is 10.0. The molecule has 0 aliphatic rings. The number of carbonyl (C=O) groups is 2. The molecule has 0 aromatic carbocycles. The number of allylic oxidation sites excluding steroid dienone is 6. The fraction of sp³-hybridized carbons (Fsp3) is 0.879. The van der Waals surface area contributed by atoms with E-state index in [-0.39, 0.29) is 18.5 Å². The molecular formula is C66H125NO5. The van der Waals surface area contributed by atoms with Crippen LogP contribution in [0.4, 0.5) is 0 Å². The van der Waals surface area contributed by atoms with E-state index >= 15 is 0 Å². The second-order valence-electron chi connectivity index (χ2n) is 22.1. The molecule has 0 aromatic rings. The third-order valence-electron chi connectivity index (χ3n) is 14.9. The molecular weight excluding hydrogens is 887 g/mol. The standard InChI is InChI=1S/C66H125NO5/c1-3-5-7-9-11-13-15-17-19-21-22-24-27-30-34-38-42-46-50-54-58-64(69)63(62-68)67-65(70)59-55-51-47-43-39-35-31-28-25-23-26-29-33-37-41-45-49-53-57-61-72-66(71)60-56-52-48-44-40-36-32-20-18-16-14-12-10-8-6-4-2/h14,16,20,23,25,32,63-64,68-69H,3-13,15,17-19,21-22,24,26-31,33-62H2,1-2H3,(H,67,70)/b16-14-,25-23-,32-20-. The van der Waals surface area contributed by atoms with Gasteiger partial charge in [0.15, 0.2) is 0 Å². The average molecular weight is 1010 g/mol. The van der Waals surface area contributed by atoms with Crippen LogP contribution in [0.3, 0.4) is 0 Å². The third kappa shape index (κ3) is 57.4. The lowest BCUT2D eigenvalue weighted by molar-refractivity contribution is -0.143. The van der Waals surface area contributed by atoms with Gasteiger partial charge in [0.1, 0.15) is 0 Å². The van der Waals surface area contributed by atoms with Gasteiger partial charge in [-0.2, -0.15) is 0 Å². The molecule has 0 spiro atoms. The van der Waals surface area contributed by atoms with Crippen LogP contribution in [0.1, 0.15) is 348 Å². The summed E-state index contributed by atoms with van der Waals surface area (Å²) in [5, 5.41) is 23.4. The number of carbonyl (C=O) groups excluding carboxylic acids is 2. The molecule has 2 unspecified atom stereocenters. The number of unbranched alkanes of at least 4 members (excludes halogenated alkanes) is 43. The Morgan fingerprint density at radius 1 is 0.389 bits per heavy atom. The van der Waals surface area contributed by atoms with Gasteiger partial charge in [0.05, 0.1) is 25.4 Å². The number of ether oxygens (including phenoxy) is 1. The number of nitrogens with one attached hydrogen (secondary N) is 1. The largest absolute Gasteiger partial charge is 0.466 e. The Kier molecular flexibility index (Phi) is 60.0. The van der Waals surface area contributed by atoms with Crippen molar-refractivity contribution in [2.45, 2.75) is 360 Å². The zero-order chi connectivity index (χ0) is 52.2. The van der Waals surface area contributed by atoms with E-state index in [0.717, 1.165) is 57.8 Å². The lowest BCUT2D eigenvalue weighted by Gasteiger charge is -2.22. The zero-order valence-electron chi connectivity index (χ0n) is 48.4. The SMILES string of the molecule is CCCCCC/C=C\C/C=C\CCCCCCCC(=O)OCCCCCCCCCC/C=C\CCCCCCCCCC(=O)NC(CO)C(O)CCCCCCCCCCCCCCCCCCCCCC. The van der Waals surface area contributed by atoms with Crippen LogP contribution in [0.25, 0.3) is 0 Å². The van der Waals surface area contributed by atoms with Crippen LogP contribution in [0, 0.1) is 0 Å². The maximum absolute atomic E-state index is 12.5. The molecule has 0 saturated carbocycles. The molecule has 72 heavy (non-hydrogen) atoms. The third-order valence-corrected chi connectivity index (χ3v) is 14.9. The number of amides is 1. The second-order valence-corrected chi connectivity index (χ2v) is 22.1. The Labute approximate surface area is 449 Å². The summed E-state index contributed by atoms with van der Waals surface area (Å²) >= 11 is 0. The van der Waals surface area contributed by atoms with E-state index < -0.39 is 12.1 Å². The second kappa shape index (κ2) is 61.6. The van der Waals surface area contributed by atoms with Gasteiger partial charge in [-0.25, -0.2) is 0 Å². The van der Waals surface area contributed by atoms with E-state index in [0.29, 0.717) is 25.9 Å². The first-order valence-electron chi connectivity index (χ1n) is 32.2. The highest BCUT2D eigenvalue weighted by atomic mass is 16.5. The topological polar surface area (TPSA) is 95.9 Å². The molecule has 0 aliphatic carbocycles. The number of rotatable bonds is 60. The van der Waals surface area contributed by atoms with E-state index in [1.165, 1.54) is 257 Å². The number of hydrogen-bond donors (Lipinski definition) is 3. The lowest BCUT2D eigenvalue weighted by Crippen LogP contribution is -2.45. The minimum absolute atomic E-state index is 0.00908. The molecule has 6 nitrogen and oxygen atoms in total. The predicted octanol–water partition coefficient (Wildman–Crippen LogP) is 20.4. The highest BCUT2D eigenvalue weighted by Gasteiger charge is 2.20. The highest BCUT2D eigenvalue weighted by molar-refractivity contribution is 5.76. The Hall–Kier alpha value is -1.92. The van der Waals surface area contributed by atoms with Crippen molar-refractivity contribution in [3.63, 3.8) is 0 Å². The molecule has 424 valence electrons. The summed E-state index contributed by atoms with van der Waals surface area (Å²) in [7, 11) is 0. The molecule has 0 heterocycles. The van der Waals surface area contributed by atoms with Crippen molar-refractivity contribution in [3.8, 4) is 0 Å². The van der Waals surface area contributed by atoms with Gasteiger partial charge in [-0.3, -0.25) is 9.59 Å². The number of aliphatic hydroxyl groups is 2. The highest BCUT2D eigenvalue weighted by Crippen LogP contribution is 2.18. The summed E-state index contributed by atoms with van der Waals surface area (Å²) in [6.45, 7) is 4.94. The van der Waals surface area contributed by atoms with Crippen LogP contribution < -0.4 is 5.32 Å². The summed E-state index contributed by atoms with van der Waals surface area (Å²) in [6.07, 6.45) is 77.2. The smallest absolute Gasteiger partial charge is 0.305 e. The quantitative estimate of drug-likeness (QED) is 0.0320. The van der Waals surface area contributed by atoms with Crippen LogP contribution in [0.15, 0.2) is 36.5 Å².